The van der Waals surface area contributed by atoms with Gasteiger partial charge >= 0.3 is 0 Å². The highest BCUT2D eigenvalue weighted by atomic mass is 14.5. The molecule has 0 radical (unpaired) electrons. The highest BCUT2D eigenvalue weighted by Gasteiger charge is 2.42. The van der Waals surface area contributed by atoms with Gasteiger partial charge in [0.05, 0.1) is 0 Å². The van der Waals surface area contributed by atoms with Crippen molar-refractivity contribution >= 4 is 0 Å². The number of rotatable bonds is 2. The van der Waals surface area contributed by atoms with Crippen LogP contribution >= 0.6 is 0 Å². The molecule has 0 spiro atoms. The van der Waals surface area contributed by atoms with Crippen LogP contribution in [0.5, 0.6) is 0 Å². The van der Waals surface area contributed by atoms with Crippen molar-refractivity contribution in [2.24, 2.45) is 0 Å². The molecule has 0 saturated heterocycles. The van der Waals surface area contributed by atoms with E-state index in [1.807, 2.05) is 0 Å². The van der Waals surface area contributed by atoms with Crippen LogP contribution in [-0.4, -0.2) is 0 Å². The molecular formula is C39H64. The Kier molecular flexibility index (Phi) is 8.43. The van der Waals surface area contributed by atoms with Crippen molar-refractivity contribution < 1.29 is 0 Å². The molecule has 0 aliphatic rings. The van der Waals surface area contributed by atoms with Gasteiger partial charge in [-0.2, -0.15) is 0 Å². The highest BCUT2D eigenvalue weighted by molar-refractivity contribution is 5.61. The SMILES string of the molecule is CC(C)(C)c1cc(C(C)(C)C)cc(C(C)(C)c2c(C(C)(C)C)c(C(C)(C)C)cc(C(C)(C)C)c2C(C)(C)C)c1. The molecule has 2 rings (SSSR count). The lowest BCUT2D eigenvalue weighted by Gasteiger charge is -2.45. The largest absolute Gasteiger partial charge is 0.0561 e. The molecule has 0 amide bonds. The summed E-state index contributed by atoms with van der Waals surface area (Å²) < 4.78 is 0. The Morgan fingerprint density at radius 2 is 0.564 bits per heavy atom. The van der Waals surface area contributed by atoms with Gasteiger partial charge in [-0.05, 0) is 77.0 Å². The lowest BCUT2D eigenvalue weighted by molar-refractivity contribution is 0.468. The molecule has 0 atom stereocenters. The van der Waals surface area contributed by atoms with Crippen LogP contribution in [0.1, 0.15) is 183 Å². The zero-order valence-corrected chi connectivity index (χ0v) is 29.8. The van der Waals surface area contributed by atoms with E-state index in [0.29, 0.717) is 0 Å². The first-order valence-corrected chi connectivity index (χ1v) is 15.3. The average molecular weight is 533 g/mol. The molecule has 2 aromatic carbocycles. The summed E-state index contributed by atoms with van der Waals surface area (Å²) in [5.74, 6) is 0. The third-order valence-electron chi connectivity index (χ3n) is 8.46. The lowest BCUT2D eigenvalue weighted by Crippen LogP contribution is -2.37. The molecule has 0 aromatic heterocycles. The van der Waals surface area contributed by atoms with E-state index in [4.69, 9.17) is 0 Å². The van der Waals surface area contributed by atoms with E-state index in [2.05, 4.69) is 163 Å². The fourth-order valence-electron chi connectivity index (χ4n) is 6.05. The second-order valence-electron chi connectivity index (χ2n) is 19.0. The zero-order valence-electron chi connectivity index (χ0n) is 29.8. The molecule has 0 aliphatic heterocycles. The monoisotopic (exact) mass is 533 g/mol. The molecule has 0 unspecified atom stereocenters. The molecule has 0 aliphatic carbocycles. The third-order valence-corrected chi connectivity index (χ3v) is 8.46. The van der Waals surface area contributed by atoms with Crippen LogP contribution in [-0.2, 0) is 37.9 Å². The molecule has 0 heterocycles. The van der Waals surface area contributed by atoms with Crippen molar-refractivity contribution in [3.05, 3.63) is 68.8 Å². The Hall–Kier alpha value is -1.56. The standard InChI is InChI=1S/C39H64/c1-33(2,3)25-21-26(34(4,5)6)23-27(22-25)39(19,20)32-30(37(13,14)15)28(35(7,8)9)24-29(36(10,11)12)31(32)38(16,17)18/h21-24H,1-20H3. The average Bonchev–Trinajstić information content (AvgIpc) is 2.67. The Morgan fingerprint density at radius 1 is 0.282 bits per heavy atom. The Balaban J connectivity index is 3.37. The number of hydrogen-bond acceptors (Lipinski definition) is 0. The molecule has 0 fully saturated rings. The summed E-state index contributed by atoms with van der Waals surface area (Å²) >= 11 is 0. The van der Waals surface area contributed by atoms with Gasteiger partial charge in [-0.15, -0.1) is 0 Å². The lowest BCUT2D eigenvalue weighted by atomic mass is 9.59. The van der Waals surface area contributed by atoms with Gasteiger partial charge in [0.1, 0.15) is 0 Å². The van der Waals surface area contributed by atoms with E-state index in [1.165, 1.54) is 38.9 Å². The summed E-state index contributed by atoms with van der Waals surface area (Å²) in [7, 11) is 0. The first-order chi connectivity index (χ1) is 16.9. The van der Waals surface area contributed by atoms with Crippen LogP contribution in [0.25, 0.3) is 0 Å². The van der Waals surface area contributed by atoms with Gasteiger partial charge < -0.3 is 0 Å². The Morgan fingerprint density at radius 3 is 0.795 bits per heavy atom. The molecule has 0 saturated carbocycles. The minimum atomic E-state index is -0.187. The van der Waals surface area contributed by atoms with E-state index in [1.54, 1.807) is 5.56 Å². The predicted octanol–water partition coefficient (Wildman–Crippen LogP) is 11.8. The fraction of sp³-hybridized carbons (Fsp3) is 0.692. The van der Waals surface area contributed by atoms with Gasteiger partial charge in [-0.25, -0.2) is 0 Å². The quantitative estimate of drug-likeness (QED) is 0.361. The van der Waals surface area contributed by atoms with E-state index in [0.717, 1.165) is 0 Å². The van der Waals surface area contributed by atoms with E-state index in [9.17, 15) is 0 Å². The van der Waals surface area contributed by atoms with Gasteiger partial charge in [0, 0.05) is 5.41 Å². The smallest absolute Gasteiger partial charge is 0.0152 e. The summed E-state index contributed by atoms with van der Waals surface area (Å²) in [4.78, 5) is 0. The maximum absolute atomic E-state index is 2.59. The minimum Gasteiger partial charge on any atom is -0.0561 e. The first kappa shape index (κ1) is 33.6. The van der Waals surface area contributed by atoms with Gasteiger partial charge in [-0.3, -0.25) is 0 Å². The minimum absolute atomic E-state index is 0.000125. The number of hydrogen-bond donors (Lipinski definition) is 0. The molecular weight excluding hydrogens is 468 g/mol. The van der Waals surface area contributed by atoms with Crippen LogP contribution in [0.4, 0.5) is 0 Å². The summed E-state index contributed by atoms with van der Waals surface area (Å²) in [5, 5.41) is 0. The van der Waals surface area contributed by atoms with Crippen molar-refractivity contribution in [1.29, 1.82) is 0 Å². The van der Waals surface area contributed by atoms with Gasteiger partial charge in [-0.1, -0.05) is 163 Å². The maximum Gasteiger partial charge on any atom is 0.0152 e. The molecule has 0 N–H and O–H groups in total. The number of benzene rings is 2. The summed E-state index contributed by atoms with van der Waals surface area (Å²) in [6.45, 7) is 48.0. The maximum atomic E-state index is 2.59. The van der Waals surface area contributed by atoms with E-state index in [-0.39, 0.29) is 37.9 Å². The molecule has 39 heavy (non-hydrogen) atoms. The second kappa shape index (κ2) is 9.77. The Labute approximate surface area is 244 Å². The predicted molar refractivity (Wildman–Crippen MR) is 177 cm³/mol. The van der Waals surface area contributed by atoms with Crippen LogP contribution in [0.15, 0.2) is 24.3 Å². The Bertz CT molecular complexity index is 1110. The molecule has 0 bridgehead atoms. The van der Waals surface area contributed by atoms with E-state index >= 15 is 0 Å². The second-order valence-corrected chi connectivity index (χ2v) is 19.0. The van der Waals surface area contributed by atoms with Gasteiger partial charge in [0.15, 0.2) is 0 Å². The third kappa shape index (κ3) is 7.02. The first-order valence-electron chi connectivity index (χ1n) is 15.3. The summed E-state index contributed by atoms with van der Waals surface area (Å²) in [6, 6.07) is 10.1. The fourth-order valence-corrected chi connectivity index (χ4v) is 6.05. The van der Waals surface area contributed by atoms with Crippen LogP contribution in [0, 0.1) is 0 Å². The van der Waals surface area contributed by atoms with Gasteiger partial charge in [0.2, 0.25) is 0 Å². The van der Waals surface area contributed by atoms with Crippen molar-refractivity contribution in [3.63, 3.8) is 0 Å². The molecule has 0 nitrogen and oxygen atoms in total. The van der Waals surface area contributed by atoms with Crippen molar-refractivity contribution in [2.75, 3.05) is 0 Å². The molecule has 0 heteroatoms. The van der Waals surface area contributed by atoms with Crippen LogP contribution in [0.3, 0.4) is 0 Å². The molecule has 2 aromatic rings. The van der Waals surface area contributed by atoms with Crippen LogP contribution < -0.4 is 0 Å². The normalized spacial score (nSPS) is 14.7. The van der Waals surface area contributed by atoms with Gasteiger partial charge in [0.25, 0.3) is 0 Å². The summed E-state index contributed by atoms with van der Waals surface area (Å²) in [5.41, 5.74) is 11.9. The summed E-state index contributed by atoms with van der Waals surface area (Å²) in [6.07, 6.45) is 0. The van der Waals surface area contributed by atoms with Crippen molar-refractivity contribution in [1.82, 2.24) is 0 Å². The topological polar surface area (TPSA) is 0 Å². The zero-order chi connectivity index (χ0) is 30.9. The van der Waals surface area contributed by atoms with Crippen molar-refractivity contribution in [3.8, 4) is 0 Å². The van der Waals surface area contributed by atoms with Crippen LogP contribution in [0.2, 0.25) is 0 Å². The van der Waals surface area contributed by atoms with Crippen molar-refractivity contribution in [2.45, 2.75) is 176 Å². The molecule has 220 valence electrons. The highest BCUT2D eigenvalue weighted by Crippen LogP contribution is 2.51. The van der Waals surface area contributed by atoms with E-state index < -0.39 is 0 Å².